The third kappa shape index (κ3) is 6.05. The van der Waals surface area contributed by atoms with E-state index in [-0.39, 0.29) is 42.2 Å². The summed E-state index contributed by atoms with van der Waals surface area (Å²) in [4.78, 5) is 15.0. The zero-order chi connectivity index (χ0) is 16.2. The predicted octanol–water partition coefficient (Wildman–Crippen LogP) is 3.22. The Balaban J connectivity index is 0.00000264. The van der Waals surface area contributed by atoms with E-state index in [0.29, 0.717) is 12.5 Å². The van der Waals surface area contributed by atoms with Crippen LogP contribution >= 0.6 is 24.8 Å². The Hall–Kier alpha value is -0.0300. The molecule has 0 spiro atoms. The van der Waals surface area contributed by atoms with Crippen molar-refractivity contribution < 1.29 is 4.79 Å². The Labute approximate surface area is 160 Å². The summed E-state index contributed by atoms with van der Waals surface area (Å²) in [6.07, 6.45) is 7.17. The van der Waals surface area contributed by atoms with E-state index in [1.54, 1.807) is 0 Å². The fourth-order valence-electron chi connectivity index (χ4n) is 4.16. The number of likely N-dealkylation sites (tertiary alicyclic amines) is 1. The highest BCUT2D eigenvalue weighted by molar-refractivity contribution is 5.85. The molecular formula is C18H37Cl2N3O. The molecule has 2 rings (SSSR count). The molecule has 1 heterocycles. The van der Waals surface area contributed by atoms with Crippen LogP contribution in [-0.2, 0) is 4.79 Å². The van der Waals surface area contributed by atoms with E-state index in [2.05, 4.69) is 31.0 Å². The minimum atomic E-state index is 0. The first-order valence-corrected chi connectivity index (χ1v) is 9.20. The molecule has 0 aromatic heterocycles. The molecule has 0 aromatic carbocycles. The molecule has 1 aliphatic heterocycles. The Bertz CT molecular complexity index is 379. The second kappa shape index (κ2) is 10.8. The van der Waals surface area contributed by atoms with Gasteiger partial charge in [0.2, 0.25) is 5.91 Å². The molecule has 1 aliphatic carbocycles. The van der Waals surface area contributed by atoms with E-state index in [4.69, 9.17) is 5.73 Å². The molecule has 1 saturated heterocycles. The molecule has 6 heteroatoms. The van der Waals surface area contributed by atoms with Gasteiger partial charge in [0.25, 0.3) is 0 Å². The Morgan fingerprint density at radius 1 is 1.21 bits per heavy atom. The van der Waals surface area contributed by atoms with Crippen molar-refractivity contribution in [2.45, 2.75) is 64.8 Å². The number of nitrogens with two attached hydrogens (primary N) is 1. The Morgan fingerprint density at radius 3 is 2.54 bits per heavy atom. The smallest absolute Gasteiger partial charge is 0.223 e. The van der Waals surface area contributed by atoms with Gasteiger partial charge in [0.15, 0.2) is 0 Å². The molecule has 3 N–H and O–H groups in total. The van der Waals surface area contributed by atoms with E-state index in [1.807, 2.05) is 0 Å². The topological polar surface area (TPSA) is 58.4 Å². The van der Waals surface area contributed by atoms with E-state index >= 15 is 0 Å². The van der Waals surface area contributed by atoms with Gasteiger partial charge in [0.05, 0.1) is 0 Å². The lowest BCUT2D eigenvalue weighted by Crippen LogP contribution is -2.55. The first-order chi connectivity index (χ1) is 10.5. The van der Waals surface area contributed by atoms with Crippen molar-refractivity contribution in [1.29, 1.82) is 0 Å². The number of carbonyl (C=O) groups excluding carboxylic acids is 1. The van der Waals surface area contributed by atoms with Gasteiger partial charge in [-0.25, -0.2) is 0 Å². The van der Waals surface area contributed by atoms with Crippen LogP contribution in [0.25, 0.3) is 0 Å². The summed E-state index contributed by atoms with van der Waals surface area (Å²) in [5.41, 5.74) is 5.85. The third-order valence-electron chi connectivity index (χ3n) is 5.95. The minimum Gasteiger partial charge on any atom is -0.354 e. The summed E-state index contributed by atoms with van der Waals surface area (Å²) in [6, 6.07) is 0. The van der Waals surface area contributed by atoms with Crippen LogP contribution in [0.2, 0.25) is 0 Å². The van der Waals surface area contributed by atoms with Crippen LogP contribution in [0.1, 0.15) is 59.3 Å². The van der Waals surface area contributed by atoms with Gasteiger partial charge in [0.1, 0.15) is 0 Å². The molecule has 0 aromatic rings. The summed E-state index contributed by atoms with van der Waals surface area (Å²) in [5, 5.41) is 3.22. The normalized spacial score (nSPS) is 27.9. The second-order valence-corrected chi connectivity index (χ2v) is 7.93. The van der Waals surface area contributed by atoms with Crippen LogP contribution in [-0.4, -0.2) is 42.5 Å². The van der Waals surface area contributed by atoms with Crippen molar-refractivity contribution in [1.82, 2.24) is 10.2 Å². The van der Waals surface area contributed by atoms with Crippen molar-refractivity contribution in [3.05, 3.63) is 0 Å². The van der Waals surface area contributed by atoms with Gasteiger partial charge in [0, 0.05) is 24.5 Å². The average molecular weight is 382 g/mol. The van der Waals surface area contributed by atoms with Crippen LogP contribution in [0.15, 0.2) is 0 Å². The van der Waals surface area contributed by atoms with Crippen molar-refractivity contribution >= 4 is 30.7 Å². The fraction of sp³-hybridized carbons (Fsp3) is 0.944. The SMILES string of the molecule is CCC1CCCN(C(C)(C)CNC(=O)[C@@H]2CCC[C@@H]2CN)C1.Cl.Cl. The lowest BCUT2D eigenvalue weighted by atomic mass is 9.90. The van der Waals surface area contributed by atoms with E-state index in [0.717, 1.165) is 38.3 Å². The number of halogens is 2. The molecule has 1 unspecified atom stereocenters. The van der Waals surface area contributed by atoms with Crippen molar-refractivity contribution in [3.63, 3.8) is 0 Å². The van der Waals surface area contributed by atoms with Crippen LogP contribution in [0.3, 0.4) is 0 Å². The van der Waals surface area contributed by atoms with E-state index in [9.17, 15) is 4.79 Å². The number of rotatable bonds is 6. The van der Waals surface area contributed by atoms with Crippen LogP contribution in [0.4, 0.5) is 0 Å². The predicted molar refractivity (Wildman–Crippen MR) is 106 cm³/mol. The second-order valence-electron chi connectivity index (χ2n) is 7.93. The van der Waals surface area contributed by atoms with Gasteiger partial charge in [-0.3, -0.25) is 9.69 Å². The summed E-state index contributed by atoms with van der Waals surface area (Å²) >= 11 is 0. The van der Waals surface area contributed by atoms with Gasteiger partial charge < -0.3 is 11.1 Å². The molecule has 1 amide bonds. The highest BCUT2D eigenvalue weighted by Crippen LogP contribution is 2.31. The first-order valence-electron chi connectivity index (χ1n) is 9.20. The molecular weight excluding hydrogens is 345 g/mol. The number of hydrogen-bond acceptors (Lipinski definition) is 3. The lowest BCUT2D eigenvalue weighted by Gasteiger charge is -2.43. The molecule has 2 fully saturated rings. The minimum absolute atomic E-state index is 0. The van der Waals surface area contributed by atoms with Crippen molar-refractivity contribution in [2.75, 3.05) is 26.2 Å². The largest absolute Gasteiger partial charge is 0.354 e. The van der Waals surface area contributed by atoms with Crippen molar-refractivity contribution in [3.8, 4) is 0 Å². The summed E-state index contributed by atoms with van der Waals surface area (Å²) in [7, 11) is 0. The Kier molecular flexibility index (Phi) is 10.8. The zero-order valence-corrected chi connectivity index (χ0v) is 17.2. The summed E-state index contributed by atoms with van der Waals surface area (Å²) in [5.74, 6) is 1.58. The highest BCUT2D eigenvalue weighted by Gasteiger charge is 2.35. The summed E-state index contributed by atoms with van der Waals surface area (Å²) < 4.78 is 0. The quantitative estimate of drug-likeness (QED) is 0.742. The standard InChI is InChI=1S/C18H35N3O.2ClH/c1-4-14-7-6-10-21(12-14)18(2,3)13-20-17(22)16-9-5-8-15(16)11-19;;/h14-16H,4-13,19H2,1-3H3,(H,20,22);2*1H/t14?,15-,16-;;/m1../s1. The monoisotopic (exact) mass is 381 g/mol. The molecule has 1 saturated carbocycles. The maximum absolute atomic E-state index is 12.5. The number of hydrogen-bond donors (Lipinski definition) is 2. The zero-order valence-electron chi connectivity index (χ0n) is 15.6. The fourth-order valence-corrected chi connectivity index (χ4v) is 4.16. The van der Waals surface area contributed by atoms with Crippen LogP contribution in [0, 0.1) is 17.8 Å². The Morgan fingerprint density at radius 2 is 1.92 bits per heavy atom. The van der Waals surface area contributed by atoms with Crippen LogP contribution in [0.5, 0.6) is 0 Å². The number of piperidine rings is 1. The molecule has 144 valence electrons. The van der Waals surface area contributed by atoms with Crippen molar-refractivity contribution in [2.24, 2.45) is 23.5 Å². The molecule has 3 atom stereocenters. The molecule has 0 bridgehead atoms. The van der Waals surface area contributed by atoms with Gasteiger partial charge in [-0.15, -0.1) is 24.8 Å². The number of nitrogens with zero attached hydrogens (tertiary/aromatic N) is 1. The van der Waals surface area contributed by atoms with E-state index in [1.165, 1.54) is 25.8 Å². The molecule has 24 heavy (non-hydrogen) atoms. The maximum Gasteiger partial charge on any atom is 0.223 e. The third-order valence-corrected chi connectivity index (χ3v) is 5.95. The molecule has 2 aliphatic rings. The molecule has 4 nitrogen and oxygen atoms in total. The molecule has 0 radical (unpaired) electrons. The lowest BCUT2D eigenvalue weighted by molar-refractivity contribution is -0.126. The van der Waals surface area contributed by atoms with Crippen LogP contribution < -0.4 is 11.1 Å². The number of amides is 1. The number of carbonyl (C=O) groups is 1. The summed E-state index contributed by atoms with van der Waals surface area (Å²) in [6.45, 7) is 10.5. The number of nitrogens with one attached hydrogen (secondary N) is 1. The first kappa shape index (κ1) is 24.0. The van der Waals surface area contributed by atoms with E-state index < -0.39 is 0 Å². The maximum atomic E-state index is 12.5. The highest BCUT2D eigenvalue weighted by atomic mass is 35.5. The van der Waals surface area contributed by atoms with Gasteiger partial charge >= 0.3 is 0 Å². The van der Waals surface area contributed by atoms with Gasteiger partial charge in [-0.1, -0.05) is 19.8 Å². The van der Waals surface area contributed by atoms with Gasteiger partial charge in [-0.05, 0) is 64.5 Å². The average Bonchev–Trinajstić information content (AvgIpc) is 3.01. The van der Waals surface area contributed by atoms with Gasteiger partial charge in [-0.2, -0.15) is 0 Å².